The van der Waals surface area contributed by atoms with E-state index in [4.69, 9.17) is 22.0 Å². The number of halogens is 1. The van der Waals surface area contributed by atoms with E-state index in [9.17, 15) is 5.11 Å². The van der Waals surface area contributed by atoms with Gasteiger partial charge < -0.3 is 20.6 Å². The van der Waals surface area contributed by atoms with Gasteiger partial charge in [0.2, 0.25) is 0 Å². The van der Waals surface area contributed by atoms with Gasteiger partial charge in [-0.1, -0.05) is 11.6 Å². The Morgan fingerprint density at radius 3 is 2.71 bits per heavy atom. The monoisotopic (exact) mass is 437 g/mol. The van der Waals surface area contributed by atoms with Gasteiger partial charge in [0.25, 0.3) is 0 Å². The molecule has 0 bridgehead atoms. The second kappa shape index (κ2) is 8.36. The Hall–Kier alpha value is -2.83. The standard InChI is InChI=1S/C24H28ClN5O/c1-13-7-20-17(9-22(13)30-6-5-16(12-30)28-4)19(25)10-21(29-20)18-8-15(11-27-3)23(26)14(2)24(18)31/h7-11,16,26-28,31H,5-6,12H2,1-4H3/b15-11-,26-23?. The highest BCUT2D eigenvalue weighted by atomic mass is 35.5. The van der Waals surface area contributed by atoms with Crippen LogP contribution in [0.25, 0.3) is 16.5 Å². The van der Waals surface area contributed by atoms with Crippen molar-refractivity contribution in [1.29, 1.82) is 5.41 Å². The number of hydrogen-bond donors (Lipinski definition) is 4. The number of pyridine rings is 1. The number of rotatable bonds is 4. The molecule has 0 amide bonds. The number of aryl methyl sites for hydroxylation is 1. The molecule has 1 aromatic heterocycles. The third kappa shape index (κ3) is 3.82. The van der Waals surface area contributed by atoms with Crippen molar-refractivity contribution >= 4 is 39.5 Å². The third-order valence-corrected chi connectivity index (χ3v) is 6.48. The van der Waals surface area contributed by atoms with Crippen LogP contribution in [0.1, 0.15) is 24.6 Å². The third-order valence-electron chi connectivity index (χ3n) is 6.16. The number of allylic oxidation sites excluding steroid dienone is 4. The molecule has 31 heavy (non-hydrogen) atoms. The average Bonchev–Trinajstić information content (AvgIpc) is 3.22. The van der Waals surface area contributed by atoms with Gasteiger partial charge in [0.1, 0.15) is 5.76 Å². The molecule has 1 atom stereocenters. The number of benzene rings is 1. The van der Waals surface area contributed by atoms with Gasteiger partial charge in [-0.25, -0.2) is 4.98 Å². The molecule has 2 heterocycles. The summed E-state index contributed by atoms with van der Waals surface area (Å²) >= 11 is 6.71. The van der Waals surface area contributed by atoms with Crippen LogP contribution in [-0.2, 0) is 0 Å². The van der Waals surface area contributed by atoms with Crippen LogP contribution in [0.5, 0.6) is 0 Å². The molecule has 0 saturated carbocycles. The van der Waals surface area contributed by atoms with Crippen molar-refractivity contribution in [2.75, 3.05) is 32.1 Å². The number of aromatic nitrogens is 1. The topological polar surface area (TPSA) is 84.3 Å². The first-order chi connectivity index (χ1) is 14.8. The summed E-state index contributed by atoms with van der Waals surface area (Å²) in [5.41, 5.74) is 5.76. The number of fused-ring (bicyclic) bond motifs is 1. The fourth-order valence-electron chi connectivity index (χ4n) is 4.32. The van der Waals surface area contributed by atoms with Gasteiger partial charge in [-0.3, -0.25) is 5.41 Å². The van der Waals surface area contributed by atoms with E-state index in [0.29, 0.717) is 33.5 Å². The Labute approximate surface area is 187 Å². The van der Waals surface area contributed by atoms with Crippen molar-refractivity contribution in [3.8, 4) is 0 Å². The normalized spacial score (nSPS) is 20.7. The fourth-order valence-corrected chi connectivity index (χ4v) is 4.57. The fraction of sp³-hybridized carbons (Fsp3) is 0.333. The number of hydrogen-bond acceptors (Lipinski definition) is 6. The maximum atomic E-state index is 10.7. The van der Waals surface area contributed by atoms with Crippen LogP contribution in [0.15, 0.2) is 47.4 Å². The minimum Gasteiger partial charge on any atom is -0.507 e. The van der Waals surface area contributed by atoms with Gasteiger partial charge >= 0.3 is 0 Å². The quantitative estimate of drug-likeness (QED) is 0.571. The predicted molar refractivity (Wildman–Crippen MR) is 129 cm³/mol. The lowest BCUT2D eigenvalue weighted by Gasteiger charge is -2.22. The Morgan fingerprint density at radius 1 is 1.26 bits per heavy atom. The van der Waals surface area contributed by atoms with Crippen LogP contribution in [-0.4, -0.2) is 49.0 Å². The maximum absolute atomic E-state index is 10.7. The van der Waals surface area contributed by atoms with E-state index < -0.39 is 0 Å². The molecule has 1 aliphatic carbocycles. The lowest BCUT2D eigenvalue weighted by molar-refractivity contribution is 0.433. The molecule has 1 fully saturated rings. The lowest BCUT2D eigenvalue weighted by Crippen LogP contribution is -2.29. The summed E-state index contributed by atoms with van der Waals surface area (Å²) in [5, 5.41) is 26.8. The molecule has 0 spiro atoms. The summed E-state index contributed by atoms with van der Waals surface area (Å²) in [5.74, 6) is 0.0599. The highest BCUT2D eigenvalue weighted by Gasteiger charge is 2.25. The molecule has 6 nitrogen and oxygen atoms in total. The van der Waals surface area contributed by atoms with Crippen molar-refractivity contribution in [3.05, 3.63) is 63.7 Å². The Balaban J connectivity index is 1.80. The summed E-state index contributed by atoms with van der Waals surface area (Å²) in [6.07, 6.45) is 4.64. The van der Waals surface area contributed by atoms with E-state index in [1.165, 1.54) is 5.69 Å². The summed E-state index contributed by atoms with van der Waals surface area (Å²) < 4.78 is 0. The Bertz CT molecular complexity index is 1160. The van der Waals surface area contributed by atoms with Gasteiger partial charge in [-0.2, -0.15) is 0 Å². The second-order valence-electron chi connectivity index (χ2n) is 8.16. The van der Waals surface area contributed by atoms with E-state index in [1.807, 2.05) is 7.05 Å². The smallest absolute Gasteiger partial charge is 0.130 e. The van der Waals surface area contributed by atoms with Gasteiger partial charge in [-0.15, -0.1) is 0 Å². The number of aliphatic hydroxyl groups is 1. The minimum atomic E-state index is 0.0599. The largest absolute Gasteiger partial charge is 0.507 e. The zero-order valence-electron chi connectivity index (χ0n) is 18.3. The van der Waals surface area contributed by atoms with E-state index in [2.05, 4.69) is 34.6 Å². The molecule has 1 unspecified atom stereocenters. The van der Waals surface area contributed by atoms with Crippen LogP contribution in [0, 0.1) is 12.3 Å². The molecular formula is C24H28ClN5O. The molecule has 2 aliphatic rings. The van der Waals surface area contributed by atoms with Gasteiger partial charge in [0.05, 0.1) is 21.9 Å². The number of likely N-dealkylation sites (N-methyl/N-ethyl adjacent to an activating group) is 1. The van der Waals surface area contributed by atoms with Crippen molar-refractivity contribution in [2.24, 2.45) is 0 Å². The summed E-state index contributed by atoms with van der Waals surface area (Å²) in [6.45, 7) is 5.82. The molecule has 1 aliphatic heterocycles. The number of nitrogens with zero attached hydrogens (tertiary/aromatic N) is 2. The number of nitrogens with one attached hydrogen (secondary N) is 3. The first-order valence-corrected chi connectivity index (χ1v) is 10.8. The number of aliphatic hydroxyl groups excluding tert-OH is 1. The average molecular weight is 438 g/mol. The Morgan fingerprint density at radius 2 is 2.03 bits per heavy atom. The molecule has 2 aromatic rings. The first-order valence-electron chi connectivity index (χ1n) is 10.5. The minimum absolute atomic E-state index is 0.0599. The number of anilines is 1. The van der Waals surface area contributed by atoms with Crippen LogP contribution in [0.4, 0.5) is 5.69 Å². The van der Waals surface area contributed by atoms with E-state index in [0.717, 1.165) is 36.0 Å². The lowest BCUT2D eigenvalue weighted by atomic mass is 9.91. The summed E-state index contributed by atoms with van der Waals surface area (Å²) in [7, 11) is 3.79. The molecule has 1 aromatic carbocycles. The van der Waals surface area contributed by atoms with Gasteiger partial charge in [0.15, 0.2) is 0 Å². The molecular weight excluding hydrogens is 410 g/mol. The van der Waals surface area contributed by atoms with Crippen molar-refractivity contribution in [1.82, 2.24) is 15.6 Å². The maximum Gasteiger partial charge on any atom is 0.130 e. The van der Waals surface area contributed by atoms with Crippen LogP contribution < -0.4 is 15.5 Å². The second-order valence-corrected chi connectivity index (χ2v) is 8.57. The molecule has 0 radical (unpaired) electrons. The van der Waals surface area contributed by atoms with Crippen molar-refractivity contribution in [3.63, 3.8) is 0 Å². The highest BCUT2D eigenvalue weighted by molar-refractivity contribution is 6.35. The van der Waals surface area contributed by atoms with Crippen molar-refractivity contribution < 1.29 is 5.11 Å². The summed E-state index contributed by atoms with van der Waals surface area (Å²) in [6, 6.07) is 6.49. The molecule has 1 saturated heterocycles. The first kappa shape index (κ1) is 21.4. The predicted octanol–water partition coefficient (Wildman–Crippen LogP) is 4.35. The van der Waals surface area contributed by atoms with Crippen LogP contribution >= 0.6 is 11.6 Å². The van der Waals surface area contributed by atoms with Crippen molar-refractivity contribution in [2.45, 2.75) is 26.3 Å². The highest BCUT2D eigenvalue weighted by Crippen LogP contribution is 2.36. The van der Waals surface area contributed by atoms with E-state index in [1.54, 1.807) is 32.3 Å². The van der Waals surface area contributed by atoms with Crippen LogP contribution in [0.2, 0.25) is 5.02 Å². The van der Waals surface area contributed by atoms with Gasteiger partial charge in [0, 0.05) is 60.2 Å². The zero-order chi connectivity index (χ0) is 22.3. The SMILES string of the molecule is CN/C=C1/C=C(c2cc(Cl)c3cc(N4CCC(NC)C4)c(C)cc3n2)C(O)=C(C)C1=N. The molecule has 4 N–H and O–H groups in total. The van der Waals surface area contributed by atoms with Crippen LogP contribution in [0.3, 0.4) is 0 Å². The molecule has 7 heteroatoms. The van der Waals surface area contributed by atoms with E-state index >= 15 is 0 Å². The van der Waals surface area contributed by atoms with E-state index in [-0.39, 0.29) is 11.5 Å². The van der Waals surface area contributed by atoms with Gasteiger partial charge in [-0.05, 0) is 57.2 Å². The molecule has 162 valence electrons. The zero-order valence-corrected chi connectivity index (χ0v) is 19.1. The summed E-state index contributed by atoms with van der Waals surface area (Å²) in [4.78, 5) is 7.22. The Kier molecular flexibility index (Phi) is 5.77. The molecule has 4 rings (SSSR count).